The third kappa shape index (κ3) is 3.22. The second-order valence-corrected chi connectivity index (χ2v) is 6.34. The molecular formula is C17H25NO2. The van der Waals surface area contributed by atoms with Crippen molar-refractivity contribution in [1.29, 1.82) is 0 Å². The minimum atomic E-state index is -0.423. The second kappa shape index (κ2) is 5.84. The van der Waals surface area contributed by atoms with Gasteiger partial charge in [0.2, 0.25) is 0 Å². The second-order valence-electron chi connectivity index (χ2n) is 6.34. The molecule has 1 saturated heterocycles. The van der Waals surface area contributed by atoms with Crippen molar-refractivity contribution in [1.82, 2.24) is 5.32 Å². The summed E-state index contributed by atoms with van der Waals surface area (Å²) in [5.74, 6) is 0.293. The highest BCUT2D eigenvalue weighted by atomic mass is 16.7. The molecule has 2 fully saturated rings. The number of aryl methyl sites for hydroxylation is 1. The fourth-order valence-electron chi connectivity index (χ4n) is 3.00. The largest absolute Gasteiger partial charge is 0.349 e. The van der Waals surface area contributed by atoms with Gasteiger partial charge >= 0.3 is 0 Å². The first-order valence-electron chi connectivity index (χ1n) is 7.72. The smallest absolute Gasteiger partial charge is 0.177 e. The Bertz CT molecular complexity index is 431. The highest BCUT2D eigenvalue weighted by Crippen LogP contribution is 2.37. The van der Waals surface area contributed by atoms with Crippen LogP contribution in [0.1, 0.15) is 43.2 Å². The molecule has 2 aliphatic rings. The predicted molar refractivity (Wildman–Crippen MR) is 79.9 cm³/mol. The topological polar surface area (TPSA) is 30.5 Å². The van der Waals surface area contributed by atoms with Gasteiger partial charge in [-0.1, -0.05) is 29.8 Å². The molecule has 1 aliphatic heterocycles. The number of nitrogens with one attached hydrogen (secondary N) is 1. The van der Waals surface area contributed by atoms with E-state index in [1.165, 1.54) is 24.0 Å². The molecule has 1 saturated carbocycles. The van der Waals surface area contributed by atoms with Crippen molar-refractivity contribution in [3.63, 3.8) is 0 Å². The van der Waals surface area contributed by atoms with Gasteiger partial charge in [0.15, 0.2) is 5.79 Å². The lowest BCUT2D eigenvalue weighted by atomic mass is 9.75. The van der Waals surface area contributed by atoms with Crippen molar-refractivity contribution in [2.75, 3.05) is 19.8 Å². The SMILES string of the molecule is Cc1ccc(C2CC(NCC3(C)OCCCO3)C2)cc1. The number of benzene rings is 1. The summed E-state index contributed by atoms with van der Waals surface area (Å²) in [6, 6.07) is 9.56. The van der Waals surface area contributed by atoms with Gasteiger partial charge < -0.3 is 14.8 Å². The Labute approximate surface area is 121 Å². The van der Waals surface area contributed by atoms with Gasteiger partial charge in [0.05, 0.1) is 13.2 Å². The highest BCUT2D eigenvalue weighted by Gasteiger charge is 2.34. The molecule has 1 N–H and O–H groups in total. The van der Waals surface area contributed by atoms with Gasteiger partial charge in [0.25, 0.3) is 0 Å². The molecule has 3 nitrogen and oxygen atoms in total. The first-order chi connectivity index (χ1) is 9.65. The summed E-state index contributed by atoms with van der Waals surface area (Å²) >= 11 is 0. The van der Waals surface area contributed by atoms with Gasteiger partial charge in [-0.2, -0.15) is 0 Å². The van der Waals surface area contributed by atoms with Crippen LogP contribution in [-0.2, 0) is 9.47 Å². The zero-order valence-electron chi connectivity index (χ0n) is 12.5. The lowest BCUT2D eigenvalue weighted by Gasteiger charge is -2.40. The minimum absolute atomic E-state index is 0.423. The summed E-state index contributed by atoms with van der Waals surface area (Å²) in [7, 11) is 0. The maximum atomic E-state index is 5.72. The van der Waals surface area contributed by atoms with E-state index < -0.39 is 5.79 Å². The van der Waals surface area contributed by atoms with E-state index in [0.29, 0.717) is 12.0 Å². The van der Waals surface area contributed by atoms with Crippen LogP contribution in [0, 0.1) is 6.92 Å². The standard InChI is InChI=1S/C17H25NO2/c1-13-4-6-14(7-5-13)15-10-16(11-15)18-12-17(2)19-8-3-9-20-17/h4-7,15-16,18H,3,8-12H2,1-2H3. The summed E-state index contributed by atoms with van der Waals surface area (Å²) in [6.07, 6.45) is 3.45. The maximum Gasteiger partial charge on any atom is 0.177 e. The van der Waals surface area contributed by atoms with E-state index in [0.717, 1.165) is 26.2 Å². The van der Waals surface area contributed by atoms with E-state index >= 15 is 0 Å². The molecule has 20 heavy (non-hydrogen) atoms. The number of hydrogen-bond acceptors (Lipinski definition) is 3. The van der Waals surface area contributed by atoms with Gasteiger partial charge in [-0.15, -0.1) is 0 Å². The Hall–Kier alpha value is -0.900. The van der Waals surface area contributed by atoms with Crippen LogP contribution in [0.25, 0.3) is 0 Å². The van der Waals surface area contributed by atoms with Gasteiger partial charge in [0, 0.05) is 12.6 Å². The number of ether oxygens (including phenoxy) is 2. The summed E-state index contributed by atoms with van der Waals surface area (Å²) in [6.45, 7) is 6.59. The van der Waals surface area contributed by atoms with Gasteiger partial charge in [-0.05, 0) is 44.6 Å². The van der Waals surface area contributed by atoms with Crippen LogP contribution in [0.15, 0.2) is 24.3 Å². The van der Waals surface area contributed by atoms with Crippen LogP contribution in [0.2, 0.25) is 0 Å². The van der Waals surface area contributed by atoms with Crippen LogP contribution in [0.4, 0.5) is 0 Å². The van der Waals surface area contributed by atoms with E-state index in [1.807, 2.05) is 6.92 Å². The monoisotopic (exact) mass is 275 g/mol. The van der Waals surface area contributed by atoms with Crippen molar-refractivity contribution in [3.8, 4) is 0 Å². The molecule has 1 aliphatic carbocycles. The Morgan fingerprint density at radius 1 is 1.15 bits per heavy atom. The predicted octanol–water partition coefficient (Wildman–Crippen LogP) is 2.98. The first-order valence-corrected chi connectivity index (χ1v) is 7.72. The minimum Gasteiger partial charge on any atom is -0.349 e. The lowest BCUT2D eigenvalue weighted by molar-refractivity contribution is -0.253. The maximum absolute atomic E-state index is 5.72. The Morgan fingerprint density at radius 3 is 2.45 bits per heavy atom. The van der Waals surface area contributed by atoms with Gasteiger partial charge in [-0.25, -0.2) is 0 Å². The number of hydrogen-bond donors (Lipinski definition) is 1. The summed E-state index contributed by atoms with van der Waals surface area (Å²) in [4.78, 5) is 0. The molecule has 0 spiro atoms. The van der Waals surface area contributed by atoms with Crippen LogP contribution in [0.5, 0.6) is 0 Å². The van der Waals surface area contributed by atoms with Gasteiger partial charge in [-0.3, -0.25) is 0 Å². The summed E-state index contributed by atoms with van der Waals surface area (Å²) in [5, 5.41) is 3.59. The molecule has 0 amide bonds. The fraction of sp³-hybridized carbons (Fsp3) is 0.647. The highest BCUT2D eigenvalue weighted by molar-refractivity contribution is 5.26. The molecule has 1 heterocycles. The molecule has 110 valence electrons. The van der Waals surface area contributed by atoms with E-state index in [-0.39, 0.29) is 0 Å². The fourth-order valence-corrected chi connectivity index (χ4v) is 3.00. The number of rotatable bonds is 4. The van der Waals surface area contributed by atoms with E-state index in [4.69, 9.17) is 9.47 Å². The van der Waals surface area contributed by atoms with E-state index in [1.54, 1.807) is 0 Å². The van der Waals surface area contributed by atoms with E-state index in [9.17, 15) is 0 Å². The van der Waals surface area contributed by atoms with Crippen LogP contribution < -0.4 is 5.32 Å². The molecule has 0 unspecified atom stereocenters. The Kier molecular flexibility index (Phi) is 4.11. The normalized spacial score (nSPS) is 28.9. The van der Waals surface area contributed by atoms with Gasteiger partial charge in [0.1, 0.15) is 0 Å². The quantitative estimate of drug-likeness (QED) is 0.916. The van der Waals surface area contributed by atoms with Crippen molar-refractivity contribution in [2.45, 2.75) is 50.9 Å². The van der Waals surface area contributed by atoms with Crippen LogP contribution >= 0.6 is 0 Å². The molecule has 3 rings (SSSR count). The zero-order valence-corrected chi connectivity index (χ0v) is 12.5. The van der Waals surface area contributed by atoms with Crippen molar-refractivity contribution < 1.29 is 9.47 Å². The Balaban J connectivity index is 1.43. The Morgan fingerprint density at radius 2 is 1.80 bits per heavy atom. The summed E-state index contributed by atoms with van der Waals surface area (Å²) < 4.78 is 11.4. The molecule has 0 aromatic heterocycles. The first kappa shape index (κ1) is 14.1. The molecule has 1 aromatic carbocycles. The average Bonchev–Trinajstić information content (AvgIpc) is 2.40. The van der Waals surface area contributed by atoms with Crippen LogP contribution in [0.3, 0.4) is 0 Å². The third-order valence-electron chi connectivity index (χ3n) is 4.50. The molecule has 0 radical (unpaired) electrons. The lowest BCUT2D eigenvalue weighted by Crippen LogP contribution is -2.51. The zero-order chi connectivity index (χ0) is 14.0. The van der Waals surface area contributed by atoms with Crippen LogP contribution in [-0.4, -0.2) is 31.6 Å². The third-order valence-corrected chi connectivity index (χ3v) is 4.50. The molecule has 0 bridgehead atoms. The molecule has 1 aromatic rings. The van der Waals surface area contributed by atoms with E-state index in [2.05, 4.69) is 36.5 Å². The molecule has 0 atom stereocenters. The average molecular weight is 275 g/mol. The van der Waals surface area contributed by atoms with Crippen molar-refractivity contribution in [2.24, 2.45) is 0 Å². The summed E-state index contributed by atoms with van der Waals surface area (Å²) in [5.41, 5.74) is 2.81. The molecular weight excluding hydrogens is 250 g/mol. The molecule has 3 heteroatoms. The van der Waals surface area contributed by atoms with Crippen molar-refractivity contribution >= 4 is 0 Å². The van der Waals surface area contributed by atoms with Crippen molar-refractivity contribution in [3.05, 3.63) is 35.4 Å².